The molecule has 140 valence electrons. The van der Waals surface area contributed by atoms with Crippen LogP contribution in [0.2, 0.25) is 0 Å². The highest BCUT2D eigenvalue weighted by Gasteiger charge is 2.69. The number of aliphatic hydroxyl groups is 1. The molecule has 0 radical (unpaired) electrons. The lowest BCUT2D eigenvalue weighted by molar-refractivity contribution is -0.221. The van der Waals surface area contributed by atoms with E-state index in [1.807, 2.05) is 0 Å². The zero-order valence-electron chi connectivity index (χ0n) is 13.9. The molecule has 11 heteroatoms. The Morgan fingerprint density at radius 2 is 2.20 bits per heavy atom. The Hall–Kier alpha value is -0.740. The minimum absolute atomic E-state index is 0.321. The second kappa shape index (κ2) is 6.16. The lowest BCUT2D eigenvalue weighted by Gasteiger charge is -2.40. The molecule has 8 nitrogen and oxygen atoms in total. The lowest BCUT2D eigenvalue weighted by Crippen LogP contribution is -2.56. The number of halogens is 1. The number of ether oxygens (including phenoxy) is 1. The van der Waals surface area contributed by atoms with Gasteiger partial charge in [-0.15, -0.1) is 0 Å². The molecular formula is C14H19FNO7PS. The maximum absolute atomic E-state index is 15.2. The van der Waals surface area contributed by atoms with Gasteiger partial charge in [-0.1, -0.05) is 0 Å². The van der Waals surface area contributed by atoms with E-state index in [0.717, 1.165) is 17.2 Å². The highest BCUT2D eigenvalue weighted by molar-refractivity contribution is 8.07. The van der Waals surface area contributed by atoms with E-state index in [-0.39, 0.29) is 18.3 Å². The van der Waals surface area contributed by atoms with Crippen molar-refractivity contribution in [3.05, 3.63) is 12.3 Å². The Kier molecular flexibility index (Phi) is 4.69. The first-order valence-electron chi connectivity index (χ1n) is 7.69. The molecule has 3 rings (SSSR count). The second-order valence-electron chi connectivity index (χ2n) is 6.60. The number of rotatable bonds is 3. The van der Waals surface area contributed by atoms with Gasteiger partial charge in [-0.2, -0.15) is 0 Å². The first kappa shape index (κ1) is 19.0. The Labute approximate surface area is 149 Å². The van der Waals surface area contributed by atoms with Gasteiger partial charge in [0.05, 0.1) is 12.5 Å². The van der Waals surface area contributed by atoms with Gasteiger partial charge >= 0.3 is 6.72 Å². The topological polar surface area (TPSA) is 94.5 Å². The molecule has 5 atom stereocenters. The van der Waals surface area contributed by atoms with Gasteiger partial charge in [-0.25, -0.2) is 4.39 Å². The van der Waals surface area contributed by atoms with Crippen LogP contribution in [0.25, 0.3) is 0 Å². The van der Waals surface area contributed by atoms with Crippen LogP contribution in [0.5, 0.6) is 0 Å². The van der Waals surface area contributed by atoms with E-state index < -0.39 is 43.0 Å². The molecule has 0 aliphatic carbocycles. The number of ketones is 1. The van der Waals surface area contributed by atoms with E-state index in [4.69, 9.17) is 30.1 Å². The van der Waals surface area contributed by atoms with Crippen LogP contribution in [-0.2, 0) is 39.7 Å². The summed E-state index contributed by atoms with van der Waals surface area (Å²) < 4.78 is 36.7. The zero-order chi connectivity index (χ0) is 18.6. The van der Waals surface area contributed by atoms with Gasteiger partial charge in [-0.05, 0) is 38.7 Å². The molecule has 1 amide bonds. The van der Waals surface area contributed by atoms with Crippen LogP contribution in [0, 0.1) is 0 Å². The minimum atomic E-state index is -3.28. The van der Waals surface area contributed by atoms with E-state index in [1.54, 1.807) is 13.8 Å². The highest BCUT2D eigenvalue weighted by atomic mass is 32.5. The predicted molar refractivity (Wildman–Crippen MR) is 86.3 cm³/mol. The van der Waals surface area contributed by atoms with Crippen LogP contribution >= 0.6 is 6.72 Å². The van der Waals surface area contributed by atoms with Gasteiger partial charge in [0.2, 0.25) is 5.91 Å². The molecule has 0 bridgehead atoms. The average molecular weight is 395 g/mol. The fourth-order valence-corrected chi connectivity index (χ4v) is 5.54. The van der Waals surface area contributed by atoms with Crippen molar-refractivity contribution in [1.82, 2.24) is 4.90 Å². The molecule has 1 N–H and O–H groups in total. The lowest BCUT2D eigenvalue weighted by atomic mass is 9.94. The van der Waals surface area contributed by atoms with Crippen LogP contribution in [0.1, 0.15) is 27.2 Å². The summed E-state index contributed by atoms with van der Waals surface area (Å²) in [5.74, 6) is -3.50. The van der Waals surface area contributed by atoms with E-state index in [2.05, 4.69) is 0 Å². The van der Waals surface area contributed by atoms with Gasteiger partial charge < -0.3 is 18.9 Å². The molecule has 0 aromatic rings. The molecule has 3 heterocycles. The third kappa shape index (κ3) is 3.32. The predicted octanol–water partition coefficient (Wildman–Crippen LogP) is 1.14. The molecule has 0 saturated carbocycles. The smallest absolute Gasteiger partial charge is 0.328 e. The Morgan fingerprint density at radius 3 is 2.80 bits per heavy atom. The number of alkyl halides is 1. The van der Waals surface area contributed by atoms with Crippen molar-refractivity contribution in [3.63, 3.8) is 0 Å². The summed E-state index contributed by atoms with van der Waals surface area (Å²) in [6, 6.07) is 0. The van der Waals surface area contributed by atoms with Gasteiger partial charge in [-0.3, -0.25) is 19.0 Å². The fraction of sp³-hybridized carbons (Fsp3) is 0.714. The van der Waals surface area contributed by atoms with E-state index in [0.29, 0.717) is 0 Å². The van der Waals surface area contributed by atoms with Gasteiger partial charge in [0, 0.05) is 6.20 Å². The van der Waals surface area contributed by atoms with E-state index >= 15 is 4.39 Å². The third-order valence-electron chi connectivity index (χ3n) is 4.01. The summed E-state index contributed by atoms with van der Waals surface area (Å²) in [6.45, 7) is 0.846. The van der Waals surface area contributed by atoms with E-state index in [9.17, 15) is 14.7 Å². The number of carbonyl (C=O) groups excluding carboxylic acids is 2. The van der Waals surface area contributed by atoms with Gasteiger partial charge in [0.25, 0.3) is 5.85 Å². The quantitative estimate of drug-likeness (QED) is 0.562. The molecule has 3 aliphatic heterocycles. The summed E-state index contributed by atoms with van der Waals surface area (Å²) in [7, 11) is 0. The number of allylic oxidation sites excluding steroid dienone is 1. The van der Waals surface area contributed by atoms with Crippen molar-refractivity contribution in [2.45, 2.75) is 57.1 Å². The number of hydrogen-bond acceptors (Lipinski definition) is 8. The molecular weight excluding hydrogens is 376 g/mol. The van der Waals surface area contributed by atoms with Crippen LogP contribution in [0.15, 0.2) is 12.3 Å². The van der Waals surface area contributed by atoms with Crippen molar-refractivity contribution in [2.75, 3.05) is 6.61 Å². The molecule has 2 fully saturated rings. The first-order valence-corrected chi connectivity index (χ1v) is 10.3. The van der Waals surface area contributed by atoms with E-state index in [1.165, 1.54) is 6.92 Å². The molecule has 3 aliphatic rings. The monoisotopic (exact) mass is 395 g/mol. The van der Waals surface area contributed by atoms with Crippen LogP contribution < -0.4 is 0 Å². The third-order valence-corrected chi connectivity index (χ3v) is 6.44. The summed E-state index contributed by atoms with van der Waals surface area (Å²) in [5, 5.41) is 10.9. The average Bonchev–Trinajstić information content (AvgIpc) is 2.67. The normalized spacial score (nSPS) is 44.5. The summed E-state index contributed by atoms with van der Waals surface area (Å²) in [4.78, 5) is 24.4. The molecule has 0 spiro atoms. The minimum Gasteiger partial charge on any atom is -0.382 e. The van der Waals surface area contributed by atoms with Crippen molar-refractivity contribution < 1.29 is 37.4 Å². The van der Waals surface area contributed by atoms with Crippen molar-refractivity contribution in [3.8, 4) is 0 Å². The Balaban J connectivity index is 1.90. The second-order valence-corrected chi connectivity index (χ2v) is 9.52. The Bertz CT molecular complexity index is 684. The van der Waals surface area contributed by atoms with Crippen molar-refractivity contribution in [2.24, 2.45) is 0 Å². The molecule has 1 unspecified atom stereocenters. The Morgan fingerprint density at radius 1 is 1.52 bits per heavy atom. The maximum atomic E-state index is 15.2. The van der Waals surface area contributed by atoms with Gasteiger partial charge in [0.1, 0.15) is 12.2 Å². The van der Waals surface area contributed by atoms with Crippen molar-refractivity contribution in [1.29, 1.82) is 0 Å². The number of amides is 1. The summed E-state index contributed by atoms with van der Waals surface area (Å²) >= 11 is 5.21. The maximum Gasteiger partial charge on any atom is 0.328 e. The first-order chi connectivity index (χ1) is 11.5. The van der Waals surface area contributed by atoms with Crippen LogP contribution in [0.3, 0.4) is 0 Å². The largest absolute Gasteiger partial charge is 0.382 e. The van der Waals surface area contributed by atoms with Crippen molar-refractivity contribution >= 4 is 30.2 Å². The molecule has 2 saturated heterocycles. The fourth-order valence-electron chi connectivity index (χ4n) is 2.96. The number of fused-ring (bicyclic) bond motifs is 1. The molecule has 25 heavy (non-hydrogen) atoms. The number of nitrogens with zero attached hydrogens (tertiary/aromatic N) is 1. The SMILES string of the molecule is CC(C)OP1(=S)OC[C@@]2(F)O[C@@H](N3C=CC(=O)CC3=O)[C@](C)(O)[C@@H]2O1. The molecule has 0 aromatic carbocycles. The summed E-state index contributed by atoms with van der Waals surface area (Å²) in [5.41, 5.74) is -1.94. The number of hydrogen-bond donors (Lipinski definition) is 1. The van der Waals surface area contributed by atoms with Gasteiger partial charge in [0.15, 0.2) is 18.1 Å². The molecule has 0 aromatic heterocycles. The van der Waals surface area contributed by atoms with Crippen LogP contribution in [0.4, 0.5) is 4.39 Å². The highest BCUT2D eigenvalue weighted by Crippen LogP contribution is 2.61. The van der Waals surface area contributed by atoms with Crippen LogP contribution in [-0.4, -0.2) is 58.2 Å². The summed E-state index contributed by atoms with van der Waals surface area (Å²) in [6.07, 6.45) is -1.29. The number of carbonyl (C=O) groups is 2. The zero-order valence-corrected chi connectivity index (χ0v) is 15.6. The standard InChI is InChI=1S/C14H19FNO7PS/c1-8(2)22-24(25)20-7-14(15)11(23-24)13(3,19)12(21-14)16-5-4-9(17)6-10(16)18/h4-5,8,11-12,19H,6-7H2,1-3H3/t11-,12+,13+,14+,24?/m0/s1.